The molecule has 0 spiro atoms. The minimum absolute atomic E-state index is 0.635. The Balaban J connectivity index is 0.953. The van der Waals surface area contributed by atoms with Crippen LogP contribution in [0.5, 0.6) is 0 Å². The molecule has 0 bridgehead atoms. The summed E-state index contributed by atoms with van der Waals surface area (Å²) >= 11 is 0. The second kappa shape index (κ2) is 14.6. The van der Waals surface area contributed by atoms with Crippen molar-refractivity contribution in [1.82, 2.24) is 24.1 Å². The number of anilines is 3. The lowest BCUT2D eigenvalue weighted by Gasteiger charge is -2.26. The van der Waals surface area contributed by atoms with E-state index in [4.69, 9.17) is 19.4 Å². The number of hydrogen-bond acceptors (Lipinski definition) is 5. The normalized spacial score (nSPS) is 11.5. The molecule has 0 saturated heterocycles. The Bertz CT molecular complexity index is 3390. The van der Waals surface area contributed by atoms with Crippen LogP contribution in [0.15, 0.2) is 223 Å². The lowest BCUT2D eigenvalue weighted by molar-refractivity contribution is 0.654. The maximum Gasteiger partial charge on any atom is 0.227 e. The monoisotopic (exact) mass is 796 g/mol. The fraction of sp³-hybridized carbons (Fsp3) is 0. The highest BCUT2D eigenvalue weighted by Gasteiger charge is 2.19. The molecule has 0 fully saturated rings. The molecule has 7 heteroatoms. The Hall–Kier alpha value is -8.55. The van der Waals surface area contributed by atoms with Crippen LogP contribution < -0.4 is 4.90 Å². The number of hydrogen-bond donors (Lipinski definition) is 0. The second-order valence-corrected chi connectivity index (χ2v) is 15.3. The summed E-state index contributed by atoms with van der Waals surface area (Å²) in [4.78, 5) is 17.5. The van der Waals surface area contributed by atoms with Crippen LogP contribution in [0.1, 0.15) is 0 Å². The van der Waals surface area contributed by atoms with Gasteiger partial charge in [-0.25, -0.2) is 15.0 Å². The SMILES string of the molecule is c1ccc(-n2c(-c3ccc(N(c4ccc(-c5ccc6c(n5)oc5ccccc56)cc4)c4ccc(-c5nc6ccccc6n5-c5ccccc5)cc4)cc3)nc3ccccc32)cc1. The predicted octanol–water partition coefficient (Wildman–Crippen LogP) is 14.1. The Morgan fingerprint density at radius 2 is 0.806 bits per heavy atom. The molecule has 0 amide bonds. The van der Waals surface area contributed by atoms with Crippen LogP contribution >= 0.6 is 0 Å². The molecule has 0 aliphatic heterocycles. The highest BCUT2D eigenvalue weighted by Crippen LogP contribution is 2.39. The van der Waals surface area contributed by atoms with Crippen molar-refractivity contribution in [2.75, 3.05) is 4.90 Å². The van der Waals surface area contributed by atoms with Gasteiger partial charge in [0.2, 0.25) is 5.71 Å². The van der Waals surface area contributed by atoms with Crippen molar-refractivity contribution in [2.45, 2.75) is 0 Å². The van der Waals surface area contributed by atoms with Crippen LogP contribution in [-0.4, -0.2) is 24.1 Å². The van der Waals surface area contributed by atoms with E-state index in [2.05, 4.69) is 190 Å². The molecule has 0 atom stereocenters. The van der Waals surface area contributed by atoms with Gasteiger partial charge in [-0.1, -0.05) is 91.0 Å². The summed E-state index contributed by atoms with van der Waals surface area (Å²) in [5.41, 5.74) is 14.6. The molecule has 0 N–H and O–H groups in total. The van der Waals surface area contributed by atoms with Crippen molar-refractivity contribution in [3.05, 3.63) is 218 Å². The van der Waals surface area contributed by atoms with E-state index in [1.165, 1.54) is 0 Å². The third-order valence-corrected chi connectivity index (χ3v) is 11.6. The zero-order valence-corrected chi connectivity index (χ0v) is 33.4. The van der Waals surface area contributed by atoms with Gasteiger partial charge >= 0.3 is 0 Å². The van der Waals surface area contributed by atoms with E-state index < -0.39 is 0 Å². The van der Waals surface area contributed by atoms with Crippen LogP contribution in [-0.2, 0) is 0 Å². The zero-order valence-electron chi connectivity index (χ0n) is 33.4. The quantitative estimate of drug-likeness (QED) is 0.153. The lowest BCUT2D eigenvalue weighted by Crippen LogP contribution is -2.10. The van der Waals surface area contributed by atoms with E-state index >= 15 is 0 Å². The summed E-state index contributed by atoms with van der Waals surface area (Å²) < 4.78 is 10.6. The average molecular weight is 797 g/mol. The van der Waals surface area contributed by atoms with Crippen molar-refractivity contribution >= 4 is 61.2 Å². The number of benzene rings is 8. The van der Waals surface area contributed by atoms with E-state index in [-0.39, 0.29) is 0 Å². The van der Waals surface area contributed by atoms with E-state index in [9.17, 15) is 0 Å². The fourth-order valence-corrected chi connectivity index (χ4v) is 8.63. The summed E-state index contributed by atoms with van der Waals surface area (Å²) in [5, 5.41) is 2.08. The maximum atomic E-state index is 6.14. The van der Waals surface area contributed by atoms with Crippen molar-refractivity contribution in [1.29, 1.82) is 0 Å². The second-order valence-electron chi connectivity index (χ2n) is 15.3. The molecule has 7 nitrogen and oxygen atoms in total. The molecular weight excluding hydrogens is 761 g/mol. The van der Waals surface area contributed by atoms with Crippen LogP contribution in [0.4, 0.5) is 17.1 Å². The minimum atomic E-state index is 0.635. The summed E-state index contributed by atoms with van der Waals surface area (Å²) in [7, 11) is 0. The summed E-state index contributed by atoms with van der Waals surface area (Å²) in [5.74, 6) is 1.78. The molecule has 12 aromatic rings. The Morgan fingerprint density at radius 1 is 0.355 bits per heavy atom. The van der Waals surface area contributed by atoms with E-state index in [0.29, 0.717) is 5.71 Å². The molecular formula is C55H36N6O. The first kappa shape index (κ1) is 35.4. The molecule has 292 valence electrons. The fourth-order valence-electron chi connectivity index (χ4n) is 8.63. The third kappa shape index (κ3) is 6.02. The summed E-state index contributed by atoms with van der Waals surface area (Å²) in [6.07, 6.45) is 0. The molecule has 0 unspecified atom stereocenters. The summed E-state index contributed by atoms with van der Waals surface area (Å²) in [6, 6.07) is 75.6. The van der Waals surface area contributed by atoms with Gasteiger partial charge in [0.1, 0.15) is 17.2 Å². The van der Waals surface area contributed by atoms with Gasteiger partial charge in [-0.2, -0.15) is 0 Å². The number of pyridine rings is 1. The van der Waals surface area contributed by atoms with E-state index in [1.807, 2.05) is 42.5 Å². The Labute approximate surface area is 357 Å². The largest absolute Gasteiger partial charge is 0.438 e. The smallest absolute Gasteiger partial charge is 0.227 e. The number of fused-ring (bicyclic) bond motifs is 5. The van der Waals surface area contributed by atoms with Crippen molar-refractivity contribution in [2.24, 2.45) is 0 Å². The number of imidazole rings is 2. The highest BCUT2D eigenvalue weighted by atomic mass is 16.3. The number of nitrogens with zero attached hydrogens (tertiary/aromatic N) is 6. The molecule has 62 heavy (non-hydrogen) atoms. The molecule has 4 aromatic heterocycles. The van der Waals surface area contributed by atoms with Gasteiger partial charge in [0, 0.05) is 55.9 Å². The Morgan fingerprint density at radius 3 is 1.34 bits per heavy atom. The molecule has 0 radical (unpaired) electrons. The first-order valence-electron chi connectivity index (χ1n) is 20.7. The molecule has 4 heterocycles. The first-order chi connectivity index (χ1) is 30.7. The summed E-state index contributed by atoms with van der Waals surface area (Å²) in [6.45, 7) is 0. The maximum absolute atomic E-state index is 6.14. The van der Waals surface area contributed by atoms with Gasteiger partial charge in [-0.3, -0.25) is 9.13 Å². The van der Waals surface area contributed by atoms with Crippen molar-refractivity contribution in [3.8, 4) is 45.4 Å². The Kier molecular flexibility index (Phi) is 8.35. The zero-order chi connectivity index (χ0) is 41.0. The van der Waals surface area contributed by atoms with Gasteiger partial charge < -0.3 is 9.32 Å². The van der Waals surface area contributed by atoms with Gasteiger partial charge in [0.25, 0.3) is 0 Å². The van der Waals surface area contributed by atoms with Crippen molar-refractivity contribution in [3.63, 3.8) is 0 Å². The standard InChI is InChI=1S/C55H36N6O/c1-3-13-40(14-4-1)60-50-20-10-8-18-48(50)56-53(60)38-25-31-43(32-26-38)59(42-29-23-37(24-30-42)47-36-35-46-45-17-7-12-22-52(45)62-55(46)58-47)44-33-27-39(28-34-44)54-57-49-19-9-11-21-51(49)61(54)41-15-5-2-6-16-41/h1-36H. The average Bonchev–Trinajstić information content (AvgIpc) is 4.05. The van der Waals surface area contributed by atoms with Crippen LogP contribution in [0.25, 0.3) is 89.5 Å². The third-order valence-electron chi connectivity index (χ3n) is 11.6. The van der Waals surface area contributed by atoms with Gasteiger partial charge in [0.15, 0.2) is 0 Å². The number of rotatable bonds is 8. The van der Waals surface area contributed by atoms with Gasteiger partial charge in [0.05, 0.1) is 27.8 Å². The van der Waals surface area contributed by atoms with E-state index in [1.54, 1.807) is 0 Å². The van der Waals surface area contributed by atoms with E-state index in [0.717, 1.165) is 101 Å². The van der Waals surface area contributed by atoms with Gasteiger partial charge in [-0.15, -0.1) is 0 Å². The first-order valence-corrected chi connectivity index (χ1v) is 20.7. The number of aromatic nitrogens is 5. The lowest BCUT2D eigenvalue weighted by atomic mass is 10.1. The molecule has 0 aliphatic rings. The topological polar surface area (TPSA) is 64.9 Å². The molecule has 0 saturated carbocycles. The van der Waals surface area contributed by atoms with Crippen LogP contribution in [0.2, 0.25) is 0 Å². The van der Waals surface area contributed by atoms with Crippen LogP contribution in [0.3, 0.4) is 0 Å². The van der Waals surface area contributed by atoms with Crippen LogP contribution in [0, 0.1) is 0 Å². The molecule has 0 aliphatic carbocycles. The number of para-hydroxylation sites is 7. The highest BCUT2D eigenvalue weighted by molar-refractivity contribution is 6.04. The van der Waals surface area contributed by atoms with Gasteiger partial charge in [-0.05, 0) is 127 Å². The number of furan rings is 1. The molecule has 8 aromatic carbocycles. The minimum Gasteiger partial charge on any atom is -0.438 e. The van der Waals surface area contributed by atoms with Crippen molar-refractivity contribution < 1.29 is 4.42 Å². The predicted molar refractivity (Wildman–Crippen MR) is 252 cm³/mol. The molecule has 12 rings (SSSR count).